The van der Waals surface area contributed by atoms with Gasteiger partial charge in [0.1, 0.15) is 0 Å². The molecular formula is C17H35N3. The Kier molecular flexibility index (Phi) is 5.88. The highest BCUT2D eigenvalue weighted by Crippen LogP contribution is 2.38. The van der Waals surface area contributed by atoms with Gasteiger partial charge in [-0.2, -0.15) is 0 Å². The van der Waals surface area contributed by atoms with Crippen molar-refractivity contribution >= 4 is 0 Å². The van der Waals surface area contributed by atoms with Crippen LogP contribution >= 0.6 is 0 Å². The van der Waals surface area contributed by atoms with Crippen LogP contribution in [-0.2, 0) is 0 Å². The summed E-state index contributed by atoms with van der Waals surface area (Å²) in [6.07, 6.45) is 9.46. The second-order valence-electron chi connectivity index (χ2n) is 7.43. The molecule has 0 aromatic rings. The van der Waals surface area contributed by atoms with E-state index in [-0.39, 0.29) is 0 Å². The molecule has 2 atom stereocenters. The van der Waals surface area contributed by atoms with Gasteiger partial charge in [-0.05, 0) is 64.7 Å². The Morgan fingerprint density at radius 1 is 1.20 bits per heavy atom. The van der Waals surface area contributed by atoms with Crippen molar-refractivity contribution < 1.29 is 0 Å². The lowest BCUT2D eigenvalue weighted by Crippen LogP contribution is -2.56. The number of piperidine rings is 1. The molecule has 1 aliphatic heterocycles. The maximum absolute atomic E-state index is 6.23. The summed E-state index contributed by atoms with van der Waals surface area (Å²) in [5.74, 6) is 1.77. The molecule has 118 valence electrons. The van der Waals surface area contributed by atoms with Gasteiger partial charge in [0.05, 0.1) is 0 Å². The van der Waals surface area contributed by atoms with Crippen molar-refractivity contribution in [1.82, 2.24) is 9.80 Å². The second kappa shape index (κ2) is 7.24. The van der Waals surface area contributed by atoms with Gasteiger partial charge in [-0.1, -0.05) is 26.2 Å². The van der Waals surface area contributed by atoms with Crippen molar-refractivity contribution in [2.45, 2.75) is 57.4 Å². The summed E-state index contributed by atoms with van der Waals surface area (Å²) in [4.78, 5) is 5.10. The maximum atomic E-state index is 6.23. The van der Waals surface area contributed by atoms with E-state index in [2.05, 4.69) is 30.8 Å². The minimum atomic E-state index is 0.294. The molecule has 1 heterocycles. The summed E-state index contributed by atoms with van der Waals surface area (Å²) >= 11 is 0. The molecule has 0 aromatic carbocycles. The lowest BCUT2D eigenvalue weighted by molar-refractivity contribution is 0.0354. The van der Waals surface area contributed by atoms with Gasteiger partial charge in [0.25, 0.3) is 0 Å². The van der Waals surface area contributed by atoms with Gasteiger partial charge in [0, 0.05) is 18.6 Å². The Labute approximate surface area is 125 Å². The lowest BCUT2D eigenvalue weighted by Gasteiger charge is -2.48. The van der Waals surface area contributed by atoms with Crippen molar-refractivity contribution in [2.75, 3.05) is 40.3 Å². The van der Waals surface area contributed by atoms with Crippen LogP contribution in [0.3, 0.4) is 0 Å². The third-order valence-corrected chi connectivity index (χ3v) is 6.06. The van der Waals surface area contributed by atoms with Crippen LogP contribution < -0.4 is 5.73 Å². The molecule has 0 amide bonds. The molecule has 1 saturated heterocycles. The fourth-order valence-corrected chi connectivity index (χ4v) is 4.32. The maximum Gasteiger partial charge on any atom is 0.0331 e. The number of hydrogen-bond donors (Lipinski definition) is 1. The van der Waals surface area contributed by atoms with Gasteiger partial charge in [-0.3, -0.25) is 4.90 Å². The molecule has 3 heteroatoms. The molecule has 2 fully saturated rings. The van der Waals surface area contributed by atoms with Crippen molar-refractivity contribution in [3.05, 3.63) is 0 Å². The van der Waals surface area contributed by atoms with Crippen molar-refractivity contribution in [1.29, 1.82) is 0 Å². The molecule has 20 heavy (non-hydrogen) atoms. The van der Waals surface area contributed by atoms with E-state index in [9.17, 15) is 0 Å². The first-order valence-corrected chi connectivity index (χ1v) is 8.69. The molecule has 3 nitrogen and oxygen atoms in total. The van der Waals surface area contributed by atoms with E-state index in [1.54, 1.807) is 0 Å². The third-order valence-electron chi connectivity index (χ3n) is 6.06. The van der Waals surface area contributed by atoms with Crippen LogP contribution in [0.5, 0.6) is 0 Å². The molecule has 0 aromatic heterocycles. The number of hydrogen-bond acceptors (Lipinski definition) is 3. The zero-order valence-corrected chi connectivity index (χ0v) is 13.9. The highest BCUT2D eigenvalue weighted by molar-refractivity contribution is 4.96. The Bertz CT molecular complexity index is 286. The minimum absolute atomic E-state index is 0.294. The second-order valence-corrected chi connectivity index (χ2v) is 7.43. The van der Waals surface area contributed by atoms with Crippen LogP contribution in [0.2, 0.25) is 0 Å². The average Bonchev–Trinajstić information content (AvgIpc) is 2.49. The number of likely N-dealkylation sites (tertiary alicyclic amines) is 1. The van der Waals surface area contributed by atoms with Gasteiger partial charge in [-0.15, -0.1) is 0 Å². The molecule has 0 bridgehead atoms. The molecule has 0 spiro atoms. The Balaban J connectivity index is 1.92. The van der Waals surface area contributed by atoms with E-state index in [0.29, 0.717) is 5.54 Å². The molecule has 1 saturated carbocycles. The van der Waals surface area contributed by atoms with Gasteiger partial charge in [0.2, 0.25) is 0 Å². The first kappa shape index (κ1) is 16.3. The van der Waals surface area contributed by atoms with E-state index in [0.717, 1.165) is 18.4 Å². The van der Waals surface area contributed by atoms with Crippen LogP contribution in [0, 0.1) is 11.8 Å². The van der Waals surface area contributed by atoms with Gasteiger partial charge in [0.15, 0.2) is 0 Å². The van der Waals surface area contributed by atoms with E-state index in [1.165, 1.54) is 64.6 Å². The quantitative estimate of drug-likeness (QED) is 0.840. The Hall–Kier alpha value is -0.120. The Morgan fingerprint density at radius 2 is 1.90 bits per heavy atom. The first-order valence-electron chi connectivity index (χ1n) is 8.69. The van der Waals surface area contributed by atoms with Crippen molar-refractivity contribution in [2.24, 2.45) is 17.6 Å². The molecule has 1 aliphatic carbocycles. The highest BCUT2D eigenvalue weighted by atomic mass is 15.2. The predicted molar refractivity (Wildman–Crippen MR) is 86.9 cm³/mol. The van der Waals surface area contributed by atoms with Crippen LogP contribution in [-0.4, -0.2) is 55.6 Å². The van der Waals surface area contributed by atoms with Crippen LogP contribution in [0.15, 0.2) is 0 Å². The normalized spacial score (nSPS) is 33.8. The van der Waals surface area contributed by atoms with Crippen LogP contribution in [0.25, 0.3) is 0 Å². The summed E-state index contributed by atoms with van der Waals surface area (Å²) in [6, 6.07) is 0. The fraction of sp³-hybridized carbons (Fsp3) is 1.00. The fourth-order valence-electron chi connectivity index (χ4n) is 4.32. The zero-order chi connectivity index (χ0) is 14.6. The van der Waals surface area contributed by atoms with E-state index in [1.807, 2.05) is 0 Å². The standard InChI is InChI=1S/C17H35N3/c1-4-15-6-5-9-17(12-15,14-18)20(3)13-16-7-10-19(2)11-8-16/h15-16H,4-14,18H2,1-3H3. The number of likely N-dealkylation sites (N-methyl/N-ethyl adjacent to an activating group) is 1. The number of nitrogens with two attached hydrogens (primary N) is 1. The zero-order valence-electron chi connectivity index (χ0n) is 13.9. The molecule has 2 rings (SSSR count). The van der Waals surface area contributed by atoms with Gasteiger partial charge >= 0.3 is 0 Å². The summed E-state index contributed by atoms with van der Waals surface area (Å²) < 4.78 is 0. The summed E-state index contributed by atoms with van der Waals surface area (Å²) in [6.45, 7) is 6.97. The highest BCUT2D eigenvalue weighted by Gasteiger charge is 2.38. The smallest absolute Gasteiger partial charge is 0.0331 e. The van der Waals surface area contributed by atoms with Crippen LogP contribution in [0.1, 0.15) is 51.9 Å². The SMILES string of the molecule is CCC1CCCC(CN)(N(C)CC2CCN(C)CC2)C1. The molecule has 2 N–H and O–H groups in total. The van der Waals surface area contributed by atoms with Gasteiger partial charge < -0.3 is 10.6 Å². The number of nitrogens with zero attached hydrogens (tertiary/aromatic N) is 2. The van der Waals surface area contributed by atoms with Crippen molar-refractivity contribution in [3.8, 4) is 0 Å². The van der Waals surface area contributed by atoms with Crippen LogP contribution in [0.4, 0.5) is 0 Å². The molecule has 0 radical (unpaired) electrons. The lowest BCUT2D eigenvalue weighted by atomic mass is 9.73. The summed E-state index contributed by atoms with van der Waals surface area (Å²) in [7, 11) is 4.58. The van der Waals surface area contributed by atoms with Crippen molar-refractivity contribution in [3.63, 3.8) is 0 Å². The molecule has 2 aliphatic rings. The molecular weight excluding hydrogens is 246 g/mol. The van der Waals surface area contributed by atoms with E-state index < -0.39 is 0 Å². The van der Waals surface area contributed by atoms with Gasteiger partial charge in [-0.25, -0.2) is 0 Å². The Morgan fingerprint density at radius 3 is 2.50 bits per heavy atom. The summed E-state index contributed by atoms with van der Waals surface area (Å²) in [5, 5.41) is 0. The average molecular weight is 281 g/mol. The first-order chi connectivity index (χ1) is 9.59. The largest absolute Gasteiger partial charge is 0.329 e. The summed E-state index contributed by atoms with van der Waals surface area (Å²) in [5.41, 5.74) is 6.53. The molecule has 2 unspecified atom stereocenters. The minimum Gasteiger partial charge on any atom is -0.329 e. The van der Waals surface area contributed by atoms with E-state index in [4.69, 9.17) is 5.73 Å². The predicted octanol–water partition coefficient (Wildman–Crippen LogP) is 2.56. The van der Waals surface area contributed by atoms with E-state index >= 15 is 0 Å². The topological polar surface area (TPSA) is 32.5 Å². The third kappa shape index (κ3) is 3.75. The number of rotatable bonds is 5. The monoisotopic (exact) mass is 281 g/mol.